The number of nitrogens with zero attached hydrogens (tertiary/aromatic N) is 1. The van der Waals surface area contributed by atoms with Gasteiger partial charge in [-0.05, 0) is 30.5 Å². The molecule has 0 atom stereocenters. The molecule has 1 aliphatic rings. The van der Waals surface area contributed by atoms with Crippen LogP contribution in [0.4, 0.5) is 5.69 Å². The van der Waals surface area contributed by atoms with Gasteiger partial charge in [-0.25, -0.2) is 0 Å². The number of ether oxygens (including phenoxy) is 4. The Kier molecular flexibility index (Phi) is 7.41. The number of nitrogens with one attached hydrogen (secondary N) is 1. The van der Waals surface area contributed by atoms with Gasteiger partial charge in [-0.2, -0.15) is 0 Å². The Hall–Kier alpha value is -2.93. The van der Waals surface area contributed by atoms with Crippen LogP contribution in [0.15, 0.2) is 36.4 Å². The lowest BCUT2D eigenvalue weighted by atomic mass is 10.2. The van der Waals surface area contributed by atoms with Crippen LogP contribution in [0.3, 0.4) is 0 Å². The lowest BCUT2D eigenvalue weighted by Crippen LogP contribution is -2.29. The third-order valence-corrected chi connectivity index (χ3v) is 5.18. The van der Waals surface area contributed by atoms with E-state index in [4.69, 9.17) is 18.9 Å². The molecule has 1 N–H and O–H groups in total. The van der Waals surface area contributed by atoms with E-state index in [1.807, 2.05) is 12.1 Å². The number of anilines is 1. The molecule has 1 saturated carbocycles. The van der Waals surface area contributed by atoms with E-state index in [1.165, 1.54) is 18.4 Å². The quantitative estimate of drug-likeness (QED) is 0.605. The lowest BCUT2D eigenvalue weighted by molar-refractivity contribution is -0.116. The summed E-state index contributed by atoms with van der Waals surface area (Å²) in [7, 11) is 6.32. The molecule has 0 saturated heterocycles. The fourth-order valence-electron chi connectivity index (χ4n) is 3.42. The van der Waals surface area contributed by atoms with E-state index in [0.29, 0.717) is 41.9 Å². The first-order valence-electron chi connectivity index (χ1n) is 10.0. The molecule has 0 radical (unpaired) electrons. The van der Waals surface area contributed by atoms with Gasteiger partial charge in [0.05, 0.1) is 28.4 Å². The standard InChI is InChI=1S/C23H30N2O5/c1-27-19-9-5-16(6-10-19)15-25(18-7-8-18)12-11-22(26)24-17-13-20(28-2)23(30-4)21(14-17)29-3/h5-6,9-10,13-14,18H,7-8,11-12,15H2,1-4H3,(H,24,26). The Morgan fingerprint density at radius 3 is 2.10 bits per heavy atom. The summed E-state index contributed by atoms with van der Waals surface area (Å²) < 4.78 is 21.2. The summed E-state index contributed by atoms with van der Waals surface area (Å²) in [4.78, 5) is 15.0. The predicted octanol–water partition coefficient (Wildman–Crippen LogP) is 3.71. The van der Waals surface area contributed by atoms with Gasteiger partial charge in [0.1, 0.15) is 5.75 Å². The normalized spacial score (nSPS) is 13.1. The largest absolute Gasteiger partial charge is 0.497 e. The van der Waals surface area contributed by atoms with Gasteiger partial charge >= 0.3 is 0 Å². The second-order valence-electron chi connectivity index (χ2n) is 7.26. The first kappa shape index (κ1) is 21.8. The zero-order valence-corrected chi connectivity index (χ0v) is 18.1. The van der Waals surface area contributed by atoms with Crippen molar-refractivity contribution in [3.05, 3.63) is 42.0 Å². The molecule has 0 spiro atoms. The monoisotopic (exact) mass is 414 g/mol. The third kappa shape index (κ3) is 5.57. The molecule has 3 rings (SSSR count). The van der Waals surface area contributed by atoms with E-state index in [0.717, 1.165) is 12.3 Å². The molecule has 1 amide bonds. The first-order valence-corrected chi connectivity index (χ1v) is 10.0. The van der Waals surface area contributed by atoms with Crippen molar-refractivity contribution in [1.29, 1.82) is 0 Å². The smallest absolute Gasteiger partial charge is 0.225 e. The van der Waals surface area contributed by atoms with Gasteiger partial charge in [0.15, 0.2) is 11.5 Å². The summed E-state index contributed by atoms with van der Waals surface area (Å²) in [5.41, 5.74) is 1.83. The SMILES string of the molecule is COc1ccc(CN(CCC(=O)Nc2cc(OC)c(OC)c(OC)c2)C2CC2)cc1. The van der Waals surface area contributed by atoms with Crippen LogP contribution in [-0.4, -0.2) is 51.8 Å². The highest BCUT2D eigenvalue weighted by atomic mass is 16.5. The van der Waals surface area contributed by atoms with E-state index < -0.39 is 0 Å². The van der Waals surface area contributed by atoms with Gasteiger partial charge < -0.3 is 24.3 Å². The Morgan fingerprint density at radius 1 is 0.967 bits per heavy atom. The predicted molar refractivity (Wildman–Crippen MR) is 116 cm³/mol. The summed E-state index contributed by atoms with van der Waals surface area (Å²) in [5.74, 6) is 2.31. The summed E-state index contributed by atoms with van der Waals surface area (Å²) in [5, 5.41) is 2.94. The van der Waals surface area contributed by atoms with Crippen molar-refractivity contribution in [2.75, 3.05) is 40.3 Å². The van der Waals surface area contributed by atoms with E-state index >= 15 is 0 Å². The highest BCUT2D eigenvalue weighted by Gasteiger charge is 2.29. The van der Waals surface area contributed by atoms with Crippen molar-refractivity contribution in [1.82, 2.24) is 4.90 Å². The van der Waals surface area contributed by atoms with E-state index in [2.05, 4.69) is 22.3 Å². The van der Waals surface area contributed by atoms with Gasteiger partial charge in [0, 0.05) is 43.4 Å². The first-order chi connectivity index (χ1) is 14.6. The summed E-state index contributed by atoms with van der Waals surface area (Å²) in [6.45, 7) is 1.53. The van der Waals surface area contributed by atoms with Gasteiger partial charge in [-0.15, -0.1) is 0 Å². The molecule has 0 aliphatic heterocycles. The van der Waals surface area contributed by atoms with E-state index in [9.17, 15) is 4.79 Å². The summed E-state index contributed by atoms with van der Waals surface area (Å²) in [6, 6.07) is 12.1. The van der Waals surface area contributed by atoms with Crippen LogP contribution in [0, 0.1) is 0 Å². The molecule has 30 heavy (non-hydrogen) atoms. The van der Waals surface area contributed by atoms with Crippen LogP contribution in [0.5, 0.6) is 23.0 Å². The average molecular weight is 415 g/mol. The van der Waals surface area contributed by atoms with Crippen molar-refractivity contribution in [3.8, 4) is 23.0 Å². The van der Waals surface area contributed by atoms with Gasteiger partial charge in [-0.1, -0.05) is 12.1 Å². The van der Waals surface area contributed by atoms with Crippen LogP contribution in [0.1, 0.15) is 24.8 Å². The number of carbonyl (C=O) groups excluding carboxylic acids is 1. The molecule has 0 heterocycles. The molecule has 7 heteroatoms. The van der Waals surface area contributed by atoms with Gasteiger partial charge in [-0.3, -0.25) is 9.69 Å². The summed E-state index contributed by atoms with van der Waals surface area (Å²) >= 11 is 0. The Balaban J connectivity index is 1.59. The highest BCUT2D eigenvalue weighted by molar-refractivity contribution is 5.91. The summed E-state index contributed by atoms with van der Waals surface area (Å²) in [6.07, 6.45) is 2.78. The number of carbonyl (C=O) groups is 1. The average Bonchev–Trinajstić information content (AvgIpc) is 3.61. The van der Waals surface area contributed by atoms with Gasteiger partial charge in [0.25, 0.3) is 0 Å². The zero-order valence-electron chi connectivity index (χ0n) is 18.1. The van der Waals surface area contributed by atoms with Crippen LogP contribution >= 0.6 is 0 Å². The molecule has 2 aromatic carbocycles. The topological polar surface area (TPSA) is 69.3 Å². The molecule has 0 aromatic heterocycles. The maximum atomic E-state index is 12.6. The number of benzene rings is 2. The maximum Gasteiger partial charge on any atom is 0.225 e. The van der Waals surface area contributed by atoms with Crippen LogP contribution in [0.2, 0.25) is 0 Å². The zero-order chi connectivity index (χ0) is 21.5. The second-order valence-corrected chi connectivity index (χ2v) is 7.26. The van der Waals surface area contributed by atoms with E-state index in [1.54, 1.807) is 40.6 Å². The van der Waals surface area contributed by atoms with Crippen LogP contribution < -0.4 is 24.3 Å². The molecule has 162 valence electrons. The van der Waals surface area contributed by atoms with Crippen molar-refractivity contribution in [2.45, 2.75) is 31.8 Å². The minimum atomic E-state index is -0.0512. The molecule has 1 aliphatic carbocycles. The Morgan fingerprint density at radius 2 is 1.60 bits per heavy atom. The minimum Gasteiger partial charge on any atom is -0.497 e. The second kappa shape index (κ2) is 10.2. The minimum absolute atomic E-state index is 0.0512. The number of amides is 1. The molecular weight excluding hydrogens is 384 g/mol. The molecule has 1 fully saturated rings. The fraction of sp³-hybridized carbons (Fsp3) is 0.435. The van der Waals surface area contributed by atoms with Crippen molar-refractivity contribution < 1.29 is 23.7 Å². The molecular formula is C23H30N2O5. The van der Waals surface area contributed by atoms with Crippen LogP contribution in [0.25, 0.3) is 0 Å². The fourth-order valence-corrected chi connectivity index (χ4v) is 3.42. The number of rotatable bonds is 11. The van der Waals surface area contributed by atoms with Crippen LogP contribution in [-0.2, 0) is 11.3 Å². The Bertz CT molecular complexity index is 824. The molecule has 2 aromatic rings. The molecule has 0 bridgehead atoms. The lowest BCUT2D eigenvalue weighted by Gasteiger charge is -2.22. The molecule has 7 nitrogen and oxygen atoms in total. The maximum absolute atomic E-state index is 12.6. The third-order valence-electron chi connectivity index (χ3n) is 5.18. The molecule has 0 unspecified atom stereocenters. The highest BCUT2D eigenvalue weighted by Crippen LogP contribution is 2.40. The van der Waals surface area contributed by atoms with E-state index in [-0.39, 0.29) is 5.91 Å². The number of hydrogen-bond acceptors (Lipinski definition) is 6. The van der Waals surface area contributed by atoms with Gasteiger partial charge in [0.2, 0.25) is 11.7 Å². The van der Waals surface area contributed by atoms with Crippen molar-refractivity contribution in [2.24, 2.45) is 0 Å². The van der Waals surface area contributed by atoms with Crippen molar-refractivity contribution in [3.63, 3.8) is 0 Å². The Labute approximate surface area is 177 Å². The number of methoxy groups -OCH3 is 4. The van der Waals surface area contributed by atoms with Crippen molar-refractivity contribution >= 4 is 11.6 Å². The number of hydrogen-bond donors (Lipinski definition) is 1.